The molecule has 2 heterocycles. The fourth-order valence-corrected chi connectivity index (χ4v) is 3.67. The lowest BCUT2D eigenvalue weighted by Crippen LogP contribution is -2.43. The van der Waals surface area contributed by atoms with Crippen molar-refractivity contribution in [1.82, 2.24) is 25.1 Å². The van der Waals surface area contributed by atoms with E-state index in [1.165, 1.54) is 0 Å². The molecule has 8 heteroatoms. The summed E-state index contributed by atoms with van der Waals surface area (Å²) in [5.41, 5.74) is 1.35. The van der Waals surface area contributed by atoms with Crippen molar-refractivity contribution in [3.8, 4) is 5.69 Å². The standard InChI is InChI=1S/C23H23N5O3/c1-16(17-8-10-19(11-9-17)27-13-12-24-15-27)25-20(29)14-28-21(30)23(2,26-22(28)31)18-6-4-3-5-7-18/h3-13,15-16H,14H2,1-2H3,(H,25,29)(H,26,31)/t16-,23-/m1/s1. The first kappa shape index (κ1) is 20.3. The van der Waals surface area contributed by atoms with Crippen LogP contribution in [0.4, 0.5) is 4.79 Å². The molecule has 2 N–H and O–H groups in total. The third-order valence-corrected chi connectivity index (χ3v) is 5.50. The summed E-state index contributed by atoms with van der Waals surface area (Å²) in [5.74, 6) is -0.858. The number of aromatic nitrogens is 2. The van der Waals surface area contributed by atoms with Crippen LogP contribution in [0.15, 0.2) is 73.3 Å². The summed E-state index contributed by atoms with van der Waals surface area (Å²) in [6.07, 6.45) is 5.26. The molecule has 4 rings (SSSR count). The molecule has 1 aromatic heterocycles. The molecule has 0 aliphatic carbocycles. The van der Waals surface area contributed by atoms with E-state index >= 15 is 0 Å². The van der Waals surface area contributed by atoms with E-state index in [0.29, 0.717) is 5.56 Å². The van der Waals surface area contributed by atoms with Gasteiger partial charge in [-0.15, -0.1) is 0 Å². The Morgan fingerprint density at radius 1 is 1.13 bits per heavy atom. The topological polar surface area (TPSA) is 96.3 Å². The molecule has 1 aliphatic rings. The Labute approximate surface area is 179 Å². The first-order valence-corrected chi connectivity index (χ1v) is 9.96. The van der Waals surface area contributed by atoms with Crippen molar-refractivity contribution in [3.63, 3.8) is 0 Å². The molecule has 0 bridgehead atoms. The molecule has 1 saturated heterocycles. The number of hydrogen-bond donors (Lipinski definition) is 2. The van der Waals surface area contributed by atoms with Crippen LogP contribution < -0.4 is 10.6 Å². The first-order chi connectivity index (χ1) is 14.9. The highest BCUT2D eigenvalue weighted by Gasteiger charge is 2.49. The van der Waals surface area contributed by atoms with E-state index < -0.39 is 23.4 Å². The number of rotatable bonds is 6. The number of urea groups is 1. The van der Waals surface area contributed by atoms with Gasteiger partial charge in [0.05, 0.1) is 12.4 Å². The van der Waals surface area contributed by atoms with Crippen LogP contribution in [-0.4, -0.2) is 38.8 Å². The van der Waals surface area contributed by atoms with Crippen LogP contribution in [0.2, 0.25) is 0 Å². The van der Waals surface area contributed by atoms with Crippen LogP contribution in [-0.2, 0) is 15.1 Å². The van der Waals surface area contributed by atoms with Gasteiger partial charge in [0.15, 0.2) is 0 Å². The maximum absolute atomic E-state index is 12.9. The van der Waals surface area contributed by atoms with Crippen LogP contribution in [0.3, 0.4) is 0 Å². The monoisotopic (exact) mass is 417 g/mol. The average Bonchev–Trinajstić information content (AvgIpc) is 3.38. The quantitative estimate of drug-likeness (QED) is 0.603. The van der Waals surface area contributed by atoms with Gasteiger partial charge >= 0.3 is 6.03 Å². The van der Waals surface area contributed by atoms with E-state index in [9.17, 15) is 14.4 Å². The molecule has 2 atom stereocenters. The van der Waals surface area contributed by atoms with Gasteiger partial charge in [0.2, 0.25) is 5.91 Å². The second-order valence-corrected chi connectivity index (χ2v) is 7.66. The molecular weight excluding hydrogens is 394 g/mol. The van der Waals surface area contributed by atoms with E-state index in [-0.39, 0.29) is 12.6 Å². The Balaban J connectivity index is 1.40. The number of nitrogens with one attached hydrogen (secondary N) is 2. The number of benzene rings is 2. The predicted octanol–water partition coefficient (Wildman–Crippen LogP) is 2.52. The molecule has 2 aromatic carbocycles. The fourth-order valence-electron chi connectivity index (χ4n) is 3.67. The smallest absolute Gasteiger partial charge is 0.325 e. The SMILES string of the molecule is C[C@@H](NC(=O)CN1C(=O)N[C@](C)(c2ccccc2)C1=O)c1ccc(-n2ccnc2)cc1. The van der Waals surface area contributed by atoms with Gasteiger partial charge in [0, 0.05) is 18.1 Å². The van der Waals surface area contributed by atoms with Crippen molar-refractivity contribution in [2.45, 2.75) is 25.4 Å². The zero-order chi connectivity index (χ0) is 22.0. The maximum atomic E-state index is 12.9. The normalized spacial score (nSPS) is 19.2. The van der Waals surface area contributed by atoms with E-state index in [2.05, 4.69) is 15.6 Å². The molecule has 1 aliphatic heterocycles. The Morgan fingerprint density at radius 3 is 2.48 bits per heavy atom. The molecule has 0 saturated carbocycles. The lowest BCUT2D eigenvalue weighted by Gasteiger charge is -2.22. The molecule has 158 valence electrons. The molecule has 0 spiro atoms. The summed E-state index contributed by atoms with van der Waals surface area (Å²) >= 11 is 0. The lowest BCUT2D eigenvalue weighted by molar-refractivity contribution is -0.135. The summed E-state index contributed by atoms with van der Waals surface area (Å²) in [4.78, 5) is 42.9. The van der Waals surface area contributed by atoms with E-state index in [1.54, 1.807) is 43.7 Å². The first-order valence-electron chi connectivity index (χ1n) is 9.96. The number of carbonyl (C=O) groups excluding carboxylic acids is 3. The van der Waals surface area contributed by atoms with Crippen molar-refractivity contribution in [2.75, 3.05) is 6.54 Å². The lowest BCUT2D eigenvalue weighted by atomic mass is 9.92. The second kappa shape index (κ2) is 8.06. The third-order valence-electron chi connectivity index (χ3n) is 5.50. The Hall–Kier alpha value is -3.94. The minimum absolute atomic E-state index is 0.286. The number of imidazole rings is 1. The number of nitrogens with zero attached hydrogens (tertiary/aromatic N) is 3. The van der Waals surface area contributed by atoms with Crippen molar-refractivity contribution in [2.24, 2.45) is 0 Å². The highest BCUT2D eigenvalue weighted by atomic mass is 16.2. The molecule has 31 heavy (non-hydrogen) atoms. The van der Waals surface area contributed by atoms with Gasteiger partial charge in [-0.2, -0.15) is 0 Å². The molecular formula is C23H23N5O3. The highest BCUT2D eigenvalue weighted by molar-refractivity contribution is 6.09. The Kier molecular flexibility index (Phi) is 5.29. The second-order valence-electron chi connectivity index (χ2n) is 7.66. The molecule has 0 radical (unpaired) electrons. The zero-order valence-corrected chi connectivity index (χ0v) is 17.3. The van der Waals surface area contributed by atoms with Crippen LogP contribution in [0.5, 0.6) is 0 Å². The van der Waals surface area contributed by atoms with Crippen LogP contribution in [0.25, 0.3) is 5.69 Å². The number of carbonyl (C=O) groups is 3. The van der Waals surface area contributed by atoms with Gasteiger partial charge in [-0.25, -0.2) is 9.78 Å². The Bertz CT molecular complexity index is 1100. The third kappa shape index (κ3) is 3.92. The van der Waals surface area contributed by atoms with E-state index in [4.69, 9.17) is 0 Å². The molecule has 3 aromatic rings. The van der Waals surface area contributed by atoms with Crippen LogP contribution in [0.1, 0.15) is 31.0 Å². The largest absolute Gasteiger partial charge is 0.348 e. The summed E-state index contributed by atoms with van der Waals surface area (Å²) in [6.45, 7) is 3.15. The minimum atomic E-state index is -1.19. The number of imide groups is 1. The van der Waals surface area contributed by atoms with Gasteiger partial charge in [-0.1, -0.05) is 42.5 Å². The van der Waals surface area contributed by atoms with Gasteiger partial charge in [-0.3, -0.25) is 14.5 Å². The number of amides is 4. The van der Waals surface area contributed by atoms with Crippen LogP contribution in [0, 0.1) is 0 Å². The average molecular weight is 417 g/mol. The number of hydrogen-bond acceptors (Lipinski definition) is 4. The van der Waals surface area contributed by atoms with Crippen molar-refractivity contribution < 1.29 is 14.4 Å². The van der Waals surface area contributed by atoms with Gasteiger partial charge in [0.1, 0.15) is 12.1 Å². The summed E-state index contributed by atoms with van der Waals surface area (Å²) in [5, 5.41) is 5.56. The van der Waals surface area contributed by atoms with Crippen molar-refractivity contribution >= 4 is 17.8 Å². The molecule has 4 amide bonds. The summed E-state index contributed by atoms with van der Waals surface area (Å²) in [7, 11) is 0. The summed E-state index contributed by atoms with van der Waals surface area (Å²) < 4.78 is 1.88. The maximum Gasteiger partial charge on any atom is 0.325 e. The predicted molar refractivity (Wildman–Crippen MR) is 114 cm³/mol. The van der Waals surface area contributed by atoms with E-state index in [0.717, 1.165) is 16.2 Å². The minimum Gasteiger partial charge on any atom is -0.348 e. The summed E-state index contributed by atoms with van der Waals surface area (Å²) in [6, 6.07) is 15.8. The van der Waals surface area contributed by atoms with Gasteiger partial charge in [0.25, 0.3) is 5.91 Å². The van der Waals surface area contributed by atoms with Gasteiger partial charge < -0.3 is 15.2 Å². The van der Waals surface area contributed by atoms with Gasteiger partial charge in [-0.05, 0) is 37.1 Å². The van der Waals surface area contributed by atoms with E-state index in [1.807, 2.05) is 48.0 Å². The molecule has 8 nitrogen and oxygen atoms in total. The van der Waals surface area contributed by atoms with Crippen molar-refractivity contribution in [1.29, 1.82) is 0 Å². The zero-order valence-electron chi connectivity index (χ0n) is 17.3. The molecule has 1 fully saturated rings. The fraction of sp³-hybridized carbons (Fsp3) is 0.217. The van der Waals surface area contributed by atoms with Crippen molar-refractivity contribution in [3.05, 3.63) is 84.4 Å². The Morgan fingerprint density at radius 2 is 1.84 bits per heavy atom. The molecule has 0 unspecified atom stereocenters. The van der Waals surface area contributed by atoms with Crippen LogP contribution >= 0.6 is 0 Å². The highest BCUT2D eigenvalue weighted by Crippen LogP contribution is 2.28.